The lowest BCUT2D eigenvalue weighted by molar-refractivity contribution is 0.355. The lowest BCUT2D eigenvalue weighted by atomic mass is 9.92. The summed E-state index contributed by atoms with van der Waals surface area (Å²) in [6.07, 6.45) is 2.52. The maximum atomic E-state index is 5.37. The van der Waals surface area contributed by atoms with E-state index in [1.54, 1.807) is 26.8 Å². The molecule has 0 amide bonds. The SMILES string of the molecule is CN=C(NCC1C2CCc3ccccc3C21)Nc1ccc(OC)c(OC)c1. The van der Waals surface area contributed by atoms with E-state index in [9.17, 15) is 0 Å². The van der Waals surface area contributed by atoms with Gasteiger partial charge < -0.3 is 20.1 Å². The molecule has 3 atom stereocenters. The summed E-state index contributed by atoms with van der Waals surface area (Å²) in [5.41, 5.74) is 4.01. The van der Waals surface area contributed by atoms with Crippen LogP contribution in [0.15, 0.2) is 47.5 Å². The van der Waals surface area contributed by atoms with E-state index in [1.807, 2.05) is 18.2 Å². The van der Waals surface area contributed by atoms with Gasteiger partial charge in [-0.2, -0.15) is 0 Å². The zero-order valence-corrected chi connectivity index (χ0v) is 16.2. The normalized spacial score (nSPS) is 23.1. The van der Waals surface area contributed by atoms with E-state index in [-0.39, 0.29) is 0 Å². The van der Waals surface area contributed by atoms with Gasteiger partial charge in [-0.25, -0.2) is 0 Å². The number of ether oxygens (including phenoxy) is 2. The lowest BCUT2D eigenvalue weighted by Gasteiger charge is -2.14. The van der Waals surface area contributed by atoms with Gasteiger partial charge in [0.25, 0.3) is 0 Å². The Hall–Kier alpha value is -2.69. The van der Waals surface area contributed by atoms with E-state index < -0.39 is 0 Å². The summed E-state index contributed by atoms with van der Waals surface area (Å²) in [5.74, 6) is 4.40. The minimum Gasteiger partial charge on any atom is -0.493 e. The van der Waals surface area contributed by atoms with Crippen molar-refractivity contribution in [2.45, 2.75) is 18.8 Å². The lowest BCUT2D eigenvalue weighted by Crippen LogP contribution is -2.32. The van der Waals surface area contributed by atoms with Crippen molar-refractivity contribution >= 4 is 11.6 Å². The van der Waals surface area contributed by atoms with Gasteiger partial charge in [-0.1, -0.05) is 24.3 Å². The Balaban J connectivity index is 1.37. The number of guanidine groups is 1. The highest BCUT2D eigenvalue weighted by molar-refractivity contribution is 5.93. The highest BCUT2D eigenvalue weighted by Gasteiger charge is 2.52. The molecule has 0 aliphatic heterocycles. The molecule has 0 spiro atoms. The largest absolute Gasteiger partial charge is 0.493 e. The Bertz CT molecular complexity index is 849. The first kappa shape index (κ1) is 17.7. The van der Waals surface area contributed by atoms with Crippen LogP contribution in [0.25, 0.3) is 0 Å². The zero-order chi connectivity index (χ0) is 18.8. The number of rotatable bonds is 5. The second kappa shape index (κ2) is 7.51. The Morgan fingerprint density at radius 3 is 2.70 bits per heavy atom. The van der Waals surface area contributed by atoms with Crippen molar-refractivity contribution in [1.29, 1.82) is 0 Å². The van der Waals surface area contributed by atoms with Crippen molar-refractivity contribution in [3.05, 3.63) is 53.6 Å². The van der Waals surface area contributed by atoms with Crippen LogP contribution in [0.4, 0.5) is 5.69 Å². The third-order valence-electron chi connectivity index (χ3n) is 5.87. The van der Waals surface area contributed by atoms with Gasteiger partial charge in [0.15, 0.2) is 17.5 Å². The molecule has 1 fully saturated rings. The van der Waals surface area contributed by atoms with Gasteiger partial charge in [0.1, 0.15) is 0 Å². The van der Waals surface area contributed by atoms with Crippen LogP contribution >= 0.6 is 0 Å². The van der Waals surface area contributed by atoms with Crippen molar-refractivity contribution in [1.82, 2.24) is 5.32 Å². The van der Waals surface area contributed by atoms with Crippen LogP contribution in [-0.2, 0) is 6.42 Å². The van der Waals surface area contributed by atoms with E-state index in [0.29, 0.717) is 23.3 Å². The second-order valence-corrected chi connectivity index (χ2v) is 7.24. The summed E-state index contributed by atoms with van der Waals surface area (Å²) >= 11 is 0. The second-order valence-electron chi connectivity index (χ2n) is 7.24. The summed E-state index contributed by atoms with van der Waals surface area (Å²) in [4.78, 5) is 4.37. The van der Waals surface area contributed by atoms with Crippen molar-refractivity contribution in [2.24, 2.45) is 16.8 Å². The molecule has 2 aliphatic carbocycles. The highest BCUT2D eigenvalue weighted by Crippen LogP contribution is 2.59. The number of nitrogens with zero attached hydrogens (tertiary/aromatic N) is 1. The molecule has 0 heterocycles. The van der Waals surface area contributed by atoms with Crippen LogP contribution in [0, 0.1) is 11.8 Å². The first-order valence-corrected chi connectivity index (χ1v) is 9.52. The number of nitrogens with one attached hydrogen (secondary N) is 2. The van der Waals surface area contributed by atoms with Crippen molar-refractivity contribution in [3.8, 4) is 11.5 Å². The maximum absolute atomic E-state index is 5.37. The van der Waals surface area contributed by atoms with E-state index in [0.717, 1.165) is 24.1 Å². The molecular weight excluding hydrogens is 338 g/mol. The van der Waals surface area contributed by atoms with Gasteiger partial charge in [-0.15, -0.1) is 0 Å². The van der Waals surface area contributed by atoms with Gasteiger partial charge >= 0.3 is 0 Å². The molecule has 2 aromatic rings. The zero-order valence-electron chi connectivity index (χ0n) is 16.2. The highest BCUT2D eigenvalue weighted by atomic mass is 16.5. The fraction of sp³-hybridized carbons (Fsp3) is 0.409. The molecule has 0 bridgehead atoms. The number of hydrogen-bond acceptors (Lipinski definition) is 3. The third-order valence-corrected chi connectivity index (χ3v) is 5.87. The Labute approximate surface area is 160 Å². The quantitative estimate of drug-likeness (QED) is 0.627. The first-order valence-electron chi connectivity index (χ1n) is 9.52. The van der Waals surface area contributed by atoms with E-state index in [4.69, 9.17) is 9.47 Å². The smallest absolute Gasteiger partial charge is 0.195 e. The topological polar surface area (TPSA) is 54.9 Å². The Kier molecular flexibility index (Phi) is 4.92. The molecule has 27 heavy (non-hydrogen) atoms. The Morgan fingerprint density at radius 2 is 1.93 bits per heavy atom. The molecule has 142 valence electrons. The average Bonchev–Trinajstić information content (AvgIpc) is 3.44. The molecule has 2 aliphatic rings. The summed E-state index contributed by atoms with van der Waals surface area (Å²) < 4.78 is 10.7. The predicted molar refractivity (Wildman–Crippen MR) is 109 cm³/mol. The fourth-order valence-electron chi connectivity index (χ4n) is 4.43. The van der Waals surface area contributed by atoms with Gasteiger partial charge in [-0.05, 0) is 53.9 Å². The minimum absolute atomic E-state index is 0.692. The molecule has 5 nitrogen and oxygen atoms in total. The molecule has 0 radical (unpaired) electrons. The van der Waals surface area contributed by atoms with E-state index >= 15 is 0 Å². The van der Waals surface area contributed by atoms with E-state index in [1.165, 1.54) is 18.4 Å². The first-order chi connectivity index (χ1) is 13.2. The predicted octanol–water partition coefficient (Wildman–Crippen LogP) is 3.67. The summed E-state index contributed by atoms with van der Waals surface area (Å²) in [6.45, 7) is 0.941. The van der Waals surface area contributed by atoms with E-state index in [2.05, 4.69) is 39.9 Å². The molecule has 2 N–H and O–H groups in total. The van der Waals surface area contributed by atoms with Crippen LogP contribution in [0.3, 0.4) is 0 Å². The van der Waals surface area contributed by atoms with Gasteiger partial charge in [0, 0.05) is 25.3 Å². The molecule has 0 aromatic heterocycles. The minimum atomic E-state index is 0.692. The molecule has 5 heteroatoms. The monoisotopic (exact) mass is 365 g/mol. The van der Waals surface area contributed by atoms with Crippen molar-refractivity contribution in [2.75, 3.05) is 33.1 Å². The van der Waals surface area contributed by atoms with Crippen molar-refractivity contribution < 1.29 is 9.47 Å². The number of benzene rings is 2. The van der Waals surface area contributed by atoms with Gasteiger partial charge in [-0.3, -0.25) is 4.99 Å². The molecule has 3 unspecified atom stereocenters. The molecule has 1 saturated carbocycles. The number of methoxy groups -OCH3 is 2. The van der Waals surface area contributed by atoms with Crippen LogP contribution in [0.2, 0.25) is 0 Å². The molecule has 0 saturated heterocycles. The standard InChI is InChI=1S/C22H27N3O2/c1-23-22(25-15-9-11-19(26-2)20(12-15)27-3)24-13-18-17-10-8-14-6-4-5-7-16(14)21(17)18/h4-7,9,11-12,17-18,21H,8,10,13H2,1-3H3,(H2,23,24,25). The van der Waals surface area contributed by atoms with Crippen LogP contribution < -0.4 is 20.1 Å². The van der Waals surface area contributed by atoms with Crippen LogP contribution in [0.5, 0.6) is 11.5 Å². The number of fused-ring (bicyclic) bond motifs is 3. The summed E-state index contributed by atoms with van der Waals surface area (Å²) in [5, 5.41) is 6.84. The summed E-state index contributed by atoms with van der Waals surface area (Å²) in [6, 6.07) is 14.7. The number of hydrogen-bond donors (Lipinski definition) is 2. The maximum Gasteiger partial charge on any atom is 0.195 e. The van der Waals surface area contributed by atoms with Crippen LogP contribution in [-0.4, -0.2) is 33.8 Å². The van der Waals surface area contributed by atoms with Crippen LogP contribution in [0.1, 0.15) is 23.5 Å². The molecule has 4 rings (SSSR count). The molecular formula is C22H27N3O2. The fourth-order valence-corrected chi connectivity index (χ4v) is 4.43. The van der Waals surface area contributed by atoms with Gasteiger partial charge in [0.05, 0.1) is 14.2 Å². The third kappa shape index (κ3) is 3.46. The number of anilines is 1. The van der Waals surface area contributed by atoms with Crippen molar-refractivity contribution in [3.63, 3.8) is 0 Å². The number of aryl methyl sites for hydroxylation is 1. The van der Waals surface area contributed by atoms with Gasteiger partial charge in [0.2, 0.25) is 0 Å². The molecule has 2 aromatic carbocycles. The average molecular weight is 365 g/mol. The summed E-state index contributed by atoms with van der Waals surface area (Å²) in [7, 11) is 5.07. The Morgan fingerprint density at radius 1 is 1.11 bits per heavy atom. The number of aliphatic imine (C=N–C) groups is 1.